The standard InChI is InChI=1S/C21H28O4/c1-6-11(2)18(23)17-14(22)9-15-16-12-10-21(5,24-15)8-7-13(12)20(3,4)25-19(16)17/h9,11-13,22H,6-8,10H2,1-5H3. The highest BCUT2D eigenvalue weighted by molar-refractivity contribution is 6.03. The number of ether oxygens (including phenoxy) is 2. The first kappa shape index (κ1) is 16.7. The Morgan fingerprint density at radius 2 is 2.08 bits per heavy atom. The lowest BCUT2D eigenvalue weighted by molar-refractivity contribution is -0.0731. The molecule has 1 aliphatic carbocycles. The molecular formula is C21H28O4. The minimum absolute atomic E-state index is 0.0168. The maximum atomic E-state index is 12.9. The van der Waals surface area contributed by atoms with Crippen molar-refractivity contribution in [1.82, 2.24) is 0 Å². The molecule has 4 unspecified atom stereocenters. The van der Waals surface area contributed by atoms with E-state index in [-0.39, 0.29) is 28.7 Å². The summed E-state index contributed by atoms with van der Waals surface area (Å²) in [6.07, 6.45) is 3.73. The van der Waals surface area contributed by atoms with Crippen molar-refractivity contribution in [2.45, 2.75) is 77.4 Å². The van der Waals surface area contributed by atoms with Crippen LogP contribution in [0.3, 0.4) is 0 Å². The second kappa shape index (κ2) is 5.15. The number of Topliss-reactive ketones (excluding diaryl/α,β-unsaturated/α-hetero) is 1. The summed E-state index contributed by atoms with van der Waals surface area (Å²) in [4.78, 5) is 12.9. The number of carbonyl (C=O) groups excluding carboxylic acids is 1. The largest absolute Gasteiger partial charge is 0.507 e. The summed E-state index contributed by atoms with van der Waals surface area (Å²) in [6, 6.07) is 1.64. The second-order valence-electron chi connectivity index (χ2n) is 8.90. The number of benzene rings is 1. The van der Waals surface area contributed by atoms with E-state index in [2.05, 4.69) is 20.8 Å². The monoisotopic (exact) mass is 344 g/mol. The van der Waals surface area contributed by atoms with Crippen molar-refractivity contribution < 1.29 is 19.4 Å². The maximum absolute atomic E-state index is 12.9. The van der Waals surface area contributed by atoms with Gasteiger partial charge in [0.25, 0.3) is 0 Å². The van der Waals surface area contributed by atoms with Crippen molar-refractivity contribution in [3.05, 3.63) is 17.2 Å². The van der Waals surface area contributed by atoms with E-state index in [0.717, 1.165) is 31.2 Å². The molecule has 2 heterocycles. The van der Waals surface area contributed by atoms with Crippen LogP contribution in [0.1, 0.15) is 82.1 Å². The van der Waals surface area contributed by atoms with E-state index in [9.17, 15) is 9.90 Å². The van der Waals surface area contributed by atoms with Gasteiger partial charge in [0.1, 0.15) is 34.0 Å². The van der Waals surface area contributed by atoms with Crippen molar-refractivity contribution in [2.24, 2.45) is 11.8 Å². The highest BCUT2D eigenvalue weighted by Gasteiger charge is 2.55. The van der Waals surface area contributed by atoms with Crippen LogP contribution in [-0.2, 0) is 0 Å². The number of aromatic hydroxyl groups is 1. The minimum Gasteiger partial charge on any atom is -0.507 e. The third-order valence-electron chi connectivity index (χ3n) is 6.67. The predicted molar refractivity (Wildman–Crippen MR) is 95.7 cm³/mol. The third kappa shape index (κ3) is 2.29. The van der Waals surface area contributed by atoms with Gasteiger partial charge in [-0.2, -0.15) is 0 Å². The smallest absolute Gasteiger partial charge is 0.173 e. The second-order valence-corrected chi connectivity index (χ2v) is 8.90. The van der Waals surface area contributed by atoms with Crippen LogP contribution in [0.15, 0.2) is 6.07 Å². The fraction of sp³-hybridized carbons (Fsp3) is 0.667. The Hall–Kier alpha value is -1.71. The molecule has 1 N–H and O–H groups in total. The first-order valence-corrected chi connectivity index (χ1v) is 9.49. The fourth-order valence-electron chi connectivity index (χ4n) is 5.05. The Labute approximate surface area is 149 Å². The first-order valence-electron chi connectivity index (χ1n) is 9.49. The quantitative estimate of drug-likeness (QED) is 0.798. The average Bonchev–Trinajstić information content (AvgIpc) is 2.51. The van der Waals surface area contributed by atoms with E-state index in [4.69, 9.17) is 9.47 Å². The van der Waals surface area contributed by atoms with Crippen molar-refractivity contribution in [2.75, 3.05) is 0 Å². The van der Waals surface area contributed by atoms with Gasteiger partial charge in [0.05, 0.1) is 0 Å². The van der Waals surface area contributed by atoms with Crippen LogP contribution in [0.25, 0.3) is 0 Å². The molecule has 0 saturated heterocycles. The zero-order chi connectivity index (χ0) is 18.1. The molecule has 0 spiro atoms. The number of phenols is 1. The summed E-state index contributed by atoms with van der Waals surface area (Å²) in [7, 11) is 0. The van der Waals surface area contributed by atoms with Gasteiger partial charge in [0.15, 0.2) is 5.78 Å². The predicted octanol–water partition coefficient (Wildman–Crippen LogP) is 4.83. The minimum atomic E-state index is -0.355. The molecule has 2 aliphatic heterocycles. The molecule has 136 valence electrons. The molecule has 4 atom stereocenters. The van der Waals surface area contributed by atoms with Crippen LogP contribution < -0.4 is 9.47 Å². The van der Waals surface area contributed by atoms with Crippen LogP contribution in [0.4, 0.5) is 0 Å². The SMILES string of the molecule is CCC(C)C(=O)c1c(O)cc2c3c1OC(C)(C)C1CCC(C)(CC31)O2. The summed E-state index contributed by atoms with van der Waals surface area (Å²) < 4.78 is 12.7. The number of hydrogen-bond donors (Lipinski definition) is 1. The van der Waals surface area contributed by atoms with Crippen molar-refractivity contribution in [1.29, 1.82) is 0 Å². The van der Waals surface area contributed by atoms with E-state index in [1.807, 2.05) is 13.8 Å². The normalized spacial score (nSPS) is 32.4. The van der Waals surface area contributed by atoms with Gasteiger partial charge >= 0.3 is 0 Å². The fourth-order valence-corrected chi connectivity index (χ4v) is 5.05. The number of carbonyl (C=O) groups is 1. The van der Waals surface area contributed by atoms with Gasteiger partial charge in [-0.05, 0) is 46.5 Å². The first-order chi connectivity index (χ1) is 11.7. The number of fused-ring (bicyclic) bond motifs is 1. The molecule has 1 aromatic carbocycles. The highest BCUT2D eigenvalue weighted by atomic mass is 16.5. The Morgan fingerprint density at radius 3 is 2.76 bits per heavy atom. The third-order valence-corrected chi connectivity index (χ3v) is 6.67. The van der Waals surface area contributed by atoms with E-state index in [1.54, 1.807) is 6.07 Å². The molecule has 4 nitrogen and oxygen atoms in total. The van der Waals surface area contributed by atoms with Crippen LogP contribution in [-0.4, -0.2) is 22.1 Å². The average molecular weight is 344 g/mol. The summed E-state index contributed by atoms with van der Waals surface area (Å²) in [5.41, 5.74) is 0.808. The van der Waals surface area contributed by atoms with Gasteiger partial charge in [-0.15, -0.1) is 0 Å². The molecule has 2 bridgehead atoms. The molecule has 0 radical (unpaired) electrons. The molecular weight excluding hydrogens is 316 g/mol. The number of ketones is 1. The van der Waals surface area contributed by atoms with E-state index in [0.29, 0.717) is 28.9 Å². The van der Waals surface area contributed by atoms with Gasteiger partial charge in [-0.3, -0.25) is 4.79 Å². The van der Waals surface area contributed by atoms with Crippen LogP contribution >= 0.6 is 0 Å². The number of phenolic OH excluding ortho intramolecular Hbond substituents is 1. The zero-order valence-corrected chi connectivity index (χ0v) is 15.8. The van der Waals surface area contributed by atoms with Gasteiger partial charge in [-0.1, -0.05) is 13.8 Å². The Balaban J connectivity index is 1.96. The highest BCUT2D eigenvalue weighted by Crippen LogP contribution is 2.62. The lowest BCUT2D eigenvalue weighted by Crippen LogP contribution is -2.54. The van der Waals surface area contributed by atoms with Crippen LogP contribution in [0.2, 0.25) is 0 Å². The molecule has 4 rings (SSSR count). The van der Waals surface area contributed by atoms with Gasteiger partial charge in [-0.25, -0.2) is 0 Å². The van der Waals surface area contributed by atoms with E-state index < -0.39 is 0 Å². The molecule has 4 heteroatoms. The number of rotatable bonds is 3. The molecule has 3 aliphatic rings. The summed E-state index contributed by atoms with van der Waals surface area (Å²) in [5, 5.41) is 10.6. The number of hydrogen-bond acceptors (Lipinski definition) is 4. The van der Waals surface area contributed by atoms with Crippen molar-refractivity contribution in [3.63, 3.8) is 0 Å². The summed E-state index contributed by atoms with van der Waals surface area (Å²) >= 11 is 0. The molecule has 1 fully saturated rings. The van der Waals surface area contributed by atoms with Gasteiger partial charge in [0.2, 0.25) is 0 Å². The Kier molecular flexibility index (Phi) is 3.45. The Bertz CT molecular complexity index is 751. The van der Waals surface area contributed by atoms with E-state index in [1.165, 1.54) is 0 Å². The zero-order valence-electron chi connectivity index (χ0n) is 15.8. The molecule has 1 saturated carbocycles. The molecule has 0 amide bonds. The van der Waals surface area contributed by atoms with E-state index >= 15 is 0 Å². The van der Waals surface area contributed by atoms with Gasteiger partial charge in [0, 0.05) is 29.4 Å². The van der Waals surface area contributed by atoms with Crippen molar-refractivity contribution in [3.8, 4) is 17.2 Å². The van der Waals surface area contributed by atoms with Crippen LogP contribution in [0, 0.1) is 11.8 Å². The lowest BCUT2D eigenvalue weighted by Gasteiger charge is -2.55. The van der Waals surface area contributed by atoms with Crippen LogP contribution in [0.5, 0.6) is 17.2 Å². The van der Waals surface area contributed by atoms with Gasteiger partial charge < -0.3 is 14.6 Å². The molecule has 25 heavy (non-hydrogen) atoms. The lowest BCUT2D eigenvalue weighted by atomic mass is 9.61. The topological polar surface area (TPSA) is 55.8 Å². The molecule has 1 aromatic rings. The maximum Gasteiger partial charge on any atom is 0.173 e. The summed E-state index contributed by atoms with van der Waals surface area (Å²) in [6.45, 7) is 10.3. The Morgan fingerprint density at radius 1 is 1.36 bits per heavy atom. The van der Waals surface area contributed by atoms with Crippen molar-refractivity contribution >= 4 is 5.78 Å². The summed E-state index contributed by atoms with van der Waals surface area (Å²) in [5.74, 6) is 1.79. The molecule has 0 aromatic heterocycles.